The van der Waals surface area contributed by atoms with Crippen molar-refractivity contribution in [1.82, 2.24) is 14.5 Å². The van der Waals surface area contributed by atoms with Gasteiger partial charge in [0.1, 0.15) is 5.65 Å². The predicted molar refractivity (Wildman–Crippen MR) is 229 cm³/mol. The monoisotopic (exact) mass is 701 g/mol. The molecule has 2 aromatic heterocycles. The third-order valence-electron chi connectivity index (χ3n) is 10.4. The lowest BCUT2D eigenvalue weighted by Gasteiger charge is -2.13. The summed E-state index contributed by atoms with van der Waals surface area (Å²) in [4.78, 5) is 10.6. The van der Waals surface area contributed by atoms with Crippen molar-refractivity contribution < 1.29 is 0 Å². The van der Waals surface area contributed by atoms with Crippen molar-refractivity contribution in [3.8, 4) is 72.8 Å². The molecule has 0 amide bonds. The average molecular weight is 702 g/mol. The fourth-order valence-corrected chi connectivity index (χ4v) is 7.73. The highest BCUT2D eigenvalue weighted by atomic mass is 15.1. The first-order valence-electron chi connectivity index (χ1n) is 18.7. The Kier molecular flexibility index (Phi) is 8.16. The molecule has 0 bridgehead atoms. The smallest absolute Gasteiger partial charge is 0.162 e. The van der Waals surface area contributed by atoms with Gasteiger partial charge in [-0.15, -0.1) is 0 Å². The summed E-state index contributed by atoms with van der Waals surface area (Å²) in [6.07, 6.45) is 0. The van der Waals surface area contributed by atoms with Crippen molar-refractivity contribution in [1.29, 1.82) is 0 Å². The van der Waals surface area contributed by atoms with Crippen molar-refractivity contribution in [2.45, 2.75) is 0 Å². The minimum Gasteiger partial charge on any atom is -0.294 e. The zero-order valence-electron chi connectivity index (χ0n) is 30.0. The van der Waals surface area contributed by atoms with E-state index in [9.17, 15) is 0 Å². The van der Waals surface area contributed by atoms with Crippen molar-refractivity contribution in [3.05, 3.63) is 212 Å². The van der Waals surface area contributed by atoms with E-state index in [0.717, 1.165) is 55.6 Å². The second-order valence-corrected chi connectivity index (χ2v) is 13.8. The molecular weight excluding hydrogens is 667 g/mol. The van der Waals surface area contributed by atoms with E-state index in [1.54, 1.807) is 0 Å². The Labute approximate surface area is 320 Å². The first kappa shape index (κ1) is 32.3. The van der Waals surface area contributed by atoms with Gasteiger partial charge in [0.25, 0.3) is 0 Å². The molecule has 0 aliphatic heterocycles. The summed E-state index contributed by atoms with van der Waals surface area (Å²) in [6, 6.07) is 75.2. The molecule has 0 aliphatic carbocycles. The van der Waals surface area contributed by atoms with Gasteiger partial charge in [0.05, 0.1) is 16.6 Å². The zero-order valence-corrected chi connectivity index (χ0v) is 30.0. The Morgan fingerprint density at radius 2 is 0.727 bits per heavy atom. The van der Waals surface area contributed by atoms with Crippen LogP contribution in [0.5, 0.6) is 0 Å². The standard InChI is InChI=1S/C52H35N3/c1-5-17-36(18-6-1)43-33-44(37-19-7-2-8-20-37)35-45(34-43)41-25-15-23-39(31-41)40-24-16-26-42(32-40)50-49-47-29-13-14-30-48(47)55(46-27-11-4-12-28-46)52(49)54-51(53-50)38-21-9-3-10-22-38/h1-35H. The minimum atomic E-state index is 0.697. The lowest BCUT2D eigenvalue weighted by molar-refractivity contribution is 1.11. The number of hydrogen-bond donors (Lipinski definition) is 0. The van der Waals surface area contributed by atoms with E-state index in [1.807, 2.05) is 18.2 Å². The fourth-order valence-electron chi connectivity index (χ4n) is 7.73. The van der Waals surface area contributed by atoms with E-state index < -0.39 is 0 Å². The van der Waals surface area contributed by atoms with Gasteiger partial charge in [-0.3, -0.25) is 4.57 Å². The quantitative estimate of drug-likeness (QED) is 0.166. The lowest BCUT2D eigenvalue weighted by Crippen LogP contribution is -1.99. The highest BCUT2D eigenvalue weighted by molar-refractivity contribution is 6.14. The Hall–Kier alpha value is -7.36. The van der Waals surface area contributed by atoms with Gasteiger partial charge in [0.15, 0.2) is 5.82 Å². The molecule has 0 spiro atoms. The van der Waals surface area contributed by atoms with Crippen LogP contribution in [0.3, 0.4) is 0 Å². The van der Waals surface area contributed by atoms with E-state index in [0.29, 0.717) is 5.82 Å². The van der Waals surface area contributed by atoms with E-state index in [-0.39, 0.29) is 0 Å². The maximum atomic E-state index is 5.35. The molecule has 0 unspecified atom stereocenters. The molecule has 0 radical (unpaired) electrons. The molecule has 55 heavy (non-hydrogen) atoms. The Balaban J connectivity index is 1.14. The number of aromatic nitrogens is 3. The number of nitrogens with zero attached hydrogens (tertiary/aromatic N) is 3. The van der Waals surface area contributed by atoms with Gasteiger partial charge in [-0.1, -0.05) is 164 Å². The van der Waals surface area contributed by atoms with Gasteiger partial charge in [-0.2, -0.15) is 0 Å². The van der Waals surface area contributed by atoms with Gasteiger partial charge >= 0.3 is 0 Å². The summed E-state index contributed by atoms with van der Waals surface area (Å²) in [5.41, 5.74) is 15.4. The summed E-state index contributed by atoms with van der Waals surface area (Å²) >= 11 is 0. The zero-order chi connectivity index (χ0) is 36.6. The molecule has 10 aromatic rings. The summed E-state index contributed by atoms with van der Waals surface area (Å²) in [6.45, 7) is 0. The average Bonchev–Trinajstić information content (AvgIpc) is 3.61. The molecule has 3 nitrogen and oxygen atoms in total. The van der Waals surface area contributed by atoms with Gasteiger partial charge < -0.3 is 0 Å². The minimum absolute atomic E-state index is 0.697. The van der Waals surface area contributed by atoms with Crippen molar-refractivity contribution in [3.63, 3.8) is 0 Å². The van der Waals surface area contributed by atoms with Crippen LogP contribution in [-0.4, -0.2) is 14.5 Å². The van der Waals surface area contributed by atoms with Gasteiger partial charge in [-0.05, 0) is 93.0 Å². The second-order valence-electron chi connectivity index (χ2n) is 13.8. The molecule has 8 aromatic carbocycles. The Morgan fingerprint density at radius 1 is 0.309 bits per heavy atom. The van der Waals surface area contributed by atoms with Crippen LogP contribution in [0.25, 0.3) is 94.8 Å². The molecule has 0 saturated heterocycles. The van der Waals surface area contributed by atoms with Crippen LogP contribution in [0.2, 0.25) is 0 Å². The van der Waals surface area contributed by atoms with Crippen LogP contribution < -0.4 is 0 Å². The molecule has 0 aliphatic rings. The number of fused-ring (bicyclic) bond motifs is 3. The first-order chi connectivity index (χ1) is 27.3. The lowest BCUT2D eigenvalue weighted by atomic mass is 9.92. The molecule has 2 heterocycles. The normalized spacial score (nSPS) is 11.3. The first-order valence-corrected chi connectivity index (χ1v) is 18.7. The molecule has 10 rings (SSSR count). The van der Waals surface area contributed by atoms with Crippen molar-refractivity contribution >= 4 is 21.9 Å². The van der Waals surface area contributed by atoms with Gasteiger partial charge in [0, 0.05) is 22.2 Å². The number of para-hydroxylation sites is 2. The third-order valence-corrected chi connectivity index (χ3v) is 10.4. The van der Waals surface area contributed by atoms with Crippen LogP contribution in [0.4, 0.5) is 0 Å². The van der Waals surface area contributed by atoms with Crippen LogP contribution in [0.15, 0.2) is 212 Å². The van der Waals surface area contributed by atoms with Crippen LogP contribution in [0, 0.1) is 0 Å². The summed E-state index contributed by atoms with van der Waals surface area (Å²) in [5, 5.41) is 2.16. The number of benzene rings is 8. The predicted octanol–water partition coefficient (Wildman–Crippen LogP) is 13.6. The molecule has 0 fully saturated rings. The molecule has 0 N–H and O–H groups in total. The molecular formula is C52H35N3. The largest absolute Gasteiger partial charge is 0.294 e. The summed E-state index contributed by atoms with van der Waals surface area (Å²) < 4.78 is 2.27. The van der Waals surface area contributed by atoms with Crippen LogP contribution in [0.1, 0.15) is 0 Å². The highest BCUT2D eigenvalue weighted by Crippen LogP contribution is 2.40. The van der Waals surface area contributed by atoms with E-state index in [1.165, 1.54) is 33.4 Å². The van der Waals surface area contributed by atoms with Crippen LogP contribution in [-0.2, 0) is 0 Å². The maximum absolute atomic E-state index is 5.35. The summed E-state index contributed by atoms with van der Waals surface area (Å²) in [5.74, 6) is 0.697. The molecule has 258 valence electrons. The number of rotatable bonds is 7. The van der Waals surface area contributed by atoms with Gasteiger partial charge in [-0.25, -0.2) is 9.97 Å². The van der Waals surface area contributed by atoms with E-state index in [4.69, 9.17) is 9.97 Å². The molecule has 3 heteroatoms. The topological polar surface area (TPSA) is 30.7 Å². The van der Waals surface area contributed by atoms with Gasteiger partial charge in [0.2, 0.25) is 0 Å². The fraction of sp³-hybridized carbons (Fsp3) is 0. The molecule has 0 atom stereocenters. The van der Waals surface area contributed by atoms with E-state index in [2.05, 4.69) is 199 Å². The molecule has 0 saturated carbocycles. The maximum Gasteiger partial charge on any atom is 0.162 e. The third kappa shape index (κ3) is 6.08. The Morgan fingerprint density at radius 3 is 1.33 bits per heavy atom. The number of hydrogen-bond acceptors (Lipinski definition) is 2. The second kappa shape index (κ2) is 13.9. The van der Waals surface area contributed by atoms with Crippen LogP contribution >= 0.6 is 0 Å². The van der Waals surface area contributed by atoms with Crippen molar-refractivity contribution in [2.75, 3.05) is 0 Å². The summed E-state index contributed by atoms with van der Waals surface area (Å²) in [7, 11) is 0. The SMILES string of the molecule is c1ccc(-c2cc(-c3ccccc3)cc(-c3cccc(-c4cccc(-c5nc(-c6ccccc6)nc6c5c5ccccc5n6-c5ccccc5)c4)c3)c2)cc1. The van der Waals surface area contributed by atoms with Crippen molar-refractivity contribution in [2.24, 2.45) is 0 Å². The Bertz CT molecular complexity index is 2890. The highest BCUT2D eigenvalue weighted by Gasteiger charge is 2.21. The van der Waals surface area contributed by atoms with E-state index >= 15 is 0 Å².